The Kier molecular flexibility index (Phi) is 3.93. The molecule has 1 aromatic heterocycles. The molecular formula is C18H16N2O3. The van der Waals surface area contributed by atoms with Crippen LogP contribution in [0.3, 0.4) is 0 Å². The first-order chi connectivity index (χ1) is 11.2. The molecule has 0 aliphatic rings. The minimum absolute atomic E-state index is 0.146. The summed E-state index contributed by atoms with van der Waals surface area (Å²) in [6.07, 6.45) is 1.99. The van der Waals surface area contributed by atoms with Gasteiger partial charge in [0.25, 0.3) is 0 Å². The van der Waals surface area contributed by atoms with Crippen LogP contribution in [0.25, 0.3) is 22.3 Å². The highest BCUT2D eigenvalue weighted by atomic mass is 16.5. The van der Waals surface area contributed by atoms with Crippen LogP contribution in [-0.4, -0.2) is 28.0 Å². The lowest BCUT2D eigenvalue weighted by molar-refractivity contribution is 0.0985. The summed E-state index contributed by atoms with van der Waals surface area (Å²) in [4.78, 5) is 20.8. The molecule has 5 heteroatoms. The van der Waals surface area contributed by atoms with Gasteiger partial charge in [0.15, 0.2) is 11.6 Å². The lowest BCUT2D eigenvalue weighted by Crippen LogP contribution is -2.01. The van der Waals surface area contributed by atoms with E-state index in [9.17, 15) is 9.90 Å². The SMILES string of the molecule is CCC(=O)c1ccc(OC)c(-c2ncc3ccccc3n2)c1O. The van der Waals surface area contributed by atoms with Crippen LogP contribution in [0, 0.1) is 0 Å². The molecule has 0 fully saturated rings. The van der Waals surface area contributed by atoms with Gasteiger partial charge in [-0.2, -0.15) is 0 Å². The van der Waals surface area contributed by atoms with Crippen molar-refractivity contribution in [2.75, 3.05) is 7.11 Å². The number of nitrogens with zero attached hydrogens (tertiary/aromatic N) is 2. The third-order valence-electron chi connectivity index (χ3n) is 3.69. The number of aromatic nitrogens is 2. The molecule has 23 heavy (non-hydrogen) atoms. The highest BCUT2D eigenvalue weighted by Crippen LogP contribution is 2.39. The normalized spacial score (nSPS) is 10.7. The van der Waals surface area contributed by atoms with E-state index in [1.165, 1.54) is 7.11 Å². The number of phenolic OH excluding ortho intramolecular Hbond substituents is 1. The van der Waals surface area contributed by atoms with Gasteiger partial charge >= 0.3 is 0 Å². The van der Waals surface area contributed by atoms with E-state index in [-0.39, 0.29) is 17.1 Å². The van der Waals surface area contributed by atoms with Gasteiger partial charge in [-0.3, -0.25) is 4.79 Å². The zero-order chi connectivity index (χ0) is 16.4. The second-order valence-electron chi connectivity index (χ2n) is 5.07. The maximum absolute atomic E-state index is 12.0. The van der Waals surface area contributed by atoms with Crippen molar-refractivity contribution < 1.29 is 14.6 Å². The number of phenols is 1. The van der Waals surface area contributed by atoms with Gasteiger partial charge in [-0.25, -0.2) is 9.97 Å². The minimum atomic E-state index is -0.147. The number of hydrogen-bond acceptors (Lipinski definition) is 5. The number of ketones is 1. The van der Waals surface area contributed by atoms with Gasteiger partial charge in [-0.15, -0.1) is 0 Å². The molecule has 3 aromatic rings. The van der Waals surface area contributed by atoms with E-state index in [1.807, 2.05) is 24.3 Å². The van der Waals surface area contributed by atoms with Gasteiger partial charge in [-0.1, -0.05) is 25.1 Å². The lowest BCUT2D eigenvalue weighted by atomic mass is 10.0. The monoisotopic (exact) mass is 308 g/mol. The highest BCUT2D eigenvalue weighted by Gasteiger charge is 2.20. The van der Waals surface area contributed by atoms with Crippen molar-refractivity contribution in [1.29, 1.82) is 0 Å². The second-order valence-corrected chi connectivity index (χ2v) is 5.07. The fourth-order valence-corrected chi connectivity index (χ4v) is 2.47. The third kappa shape index (κ3) is 2.61. The number of aromatic hydroxyl groups is 1. The summed E-state index contributed by atoms with van der Waals surface area (Å²) >= 11 is 0. The van der Waals surface area contributed by atoms with E-state index < -0.39 is 0 Å². The molecule has 0 atom stereocenters. The van der Waals surface area contributed by atoms with Gasteiger partial charge in [0, 0.05) is 18.0 Å². The van der Waals surface area contributed by atoms with Crippen molar-refractivity contribution in [1.82, 2.24) is 9.97 Å². The standard InChI is InChI=1S/C18H16N2O3/c1-3-14(21)12-8-9-15(23-2)16(17(12)22)18-19-10-11-6-4-5-7-13(11)20-18/h4-10,22H,3H2,1-2H3. The van der Waals surface area contributed by atoms with Crippen molar-refractivity contribution >= 4 is 16.7 Å². The van der Waals surface area contributed by atoms with Gasteiger partial charge < -0.3 is 9.84 Å². The molecule has 0 spiro atoms. The first-order valence-electron chi connectivity index (χ1n) is 7.31. The number of methoxy groups -OCH3 is 1. The first kappa shape index (κ1) is 15.0. The maximum Gasteiger partial charge on any atom is 0.167 e. The maximum atomic E-state index is 12.0. The number of carbonyl (C=O) groups is 1. The van der Waals surface area contributed by atoms with Crippen LogP contribution >= 0.6 is 0 Å². The van der Waals surface area contributed by atoms with Crippen LogP contribution < -0.4 is 4.74 Å². The first-order valence-corrected chi connectivity index (χ1v) is 7.31. The van der Waals surface area contributed by atoms with Crippen LogP contribution in [-0.2, 0) is 0 Å². The van der Waals surface area contributed by atoms with E-state index in [2.05, 4.69) is 9.97 Å². The van der Waals surface area contributed by atoms with Crippen LogP contribution in [0.2, 0.25) is 0 Å². The molecule has 116 valence electrons. The molecule has 3 rings (SSSR count). The quantitative estimate of drug-likeness (QED) is 0.745. The van der Waals surface area contributed by atoms with E-state index in [0.29, 0.717) is 23.6 Å². The largest absolute Gasteiger partial charge is 0.506 e. The van der Waals surface area contributed by atoms with Crippen LogP contribution in [0.4, 0.5) is 0 Å². The fourth-order valence-electron chi connectivity index (χ4n) is 2.47. The van der Waals surface area contributed by atoms with Gasteiger partial charge in [0.1, 0.15) is 17.1 Å². The number of fused-ring (bicyclic) bond motifs is 1. The molecule has 0 unspecified atom stereocenters. The fraction of sp³-hybridized carbons (Fsp3) is 0.167. The summed E-state index contributed by atoms with van der Waals surface area (Å²) in [5.74, 6) is 0.452. The van der Waals surface area contributed by atoms with Crippen LogP contribution in [0.5, 0.6) is 11.5 Å². The van der Waals surface area contributed by atoms with E-state index in [0.717, 1.165) is 10.9 Å². The van der Waals surface area contributed by atoms with Gasteiger partial charge in [-0.05, 0) is 18.2 Å². The Balaban J connectivity index is 2.25. The molecular weight excluding hydrogens is 292 g/mol. The number of ether oxygens (including phenoxy) is 1. The molecule has 0 radical (unpaired) electrons. The molecule has 0 saturated carbocycles. The topological polar surface area (TPSA) is 72.3 Å². The van der Waals surface area contributed by atoms with Crippen LogP contribution in [0.1, 0.15) is 23.7 Å². The number of para-hydroxylation sites is 1. The predicted molar refractivity (Wildman–Crippen MR) is 87.8 cm³/mol. The minimum Gasteiger partial charge on any atom is -0.506 e. The average molecular weight is 308 g/mol. The molecule has 0 aliphatic carbocycles. The van der Waals surface area contributed by atoms with E-state index >= 15 is 0 Å². The number of benzene rings is 2. The van der Waals surface area contributed by atoms with E-state index in [1.54, 1.807) is 25.3 Å². The number of hydrogen-bond donors (Lipinski definition) is 1. The van der Waals surface area contributed by atoms with Crippen molar-refractivity contribution in [3.63, 3.8) is 0 Å². The van der Waals surface area contributed by atoms with Crippen molar-refractivity contribution in [3.05, 3.63) is 48.2 Å². The molecule has 1 N–H and O–H groups in total. The number of carbonyl (C=O) groups excluding carboxylic acids is 1. The zero-order valence-corrected chi connectivity index (χ0v) is 12.9. The summed E-state index contributed by atoms with van der Waals surface area (Å²) in [6, 6.07) is 10.8. The highest BCUT2D eigenvalue weighted by molar-refractivity contribution is 6.01. The summed E-state index contributed by atoms with van der Waals surface area (Å²) < 4.78 is 5.31. The molecule has 2 aromatic carbocycles. The summed E-state index contributed by atoms with van der Waals surface area (Å²) in [6.45, 7) is 1.75. The summed E-state index contributed by atoms with van der Waals surface area (Å²) in [5, 5.41) is 11.4. The summed E-state index contributed by atoms with van der Waals surface area (Å²) in [5.41, 5.74) is 1.34. The zero-order valence-electron chi connectivity index (χ0n) is 12.9. The average Bonchev–Trinajstić information content (AvgIpc) is 2.60. The van der Waals surface area contributed by atoms with Crippen molar-refractivity contribution in [2.24, 2.45) is 0 Å². The Bertz CT molecular complexity index is 891. The number of Topliss-reactive ketones (excluding diaryl/α,β-unsaturated/α-hetero) is 1. The van der Waals surface area contributed by atoms with Crippen molar-refractivity contribution in [3.8, 4) is 22.9 Å². The predicted octanol–water partition coefficient (Wildman–Crippen LogP) is 3.60. The molecule has 0 bridgehead atoms. The molecule has 0 aliphatic heterocycles. The van der Waals surface area contributed by atoms with Crippen LogP contribution in [0.15, 0.2) is 42.6 Å². The Hall–Kier alpha value is -2.95. The molecule has 5 nitrogen and oxygen atoms in total. The molecule has 0 amide bonds. The Morgan fingerprint density at radius 2 is 2.00 bits per heavy atom. The van der Waals surface area contributed by atoms with Crippen molar-refractivity contribution in [2.45, 2.75) is 13.3 Å². The second kappa shape index (κ2) is 6.04. The van der Waals surface area contributed by atoms with Gasteiger partial charge in [0.2, 0.25) is 0 Å². The Labute approximate surface area is 133 Å². The third-order valence-corrected chi connectivity index (χ3v) is 3.69. The van der Waals surface area contributed by atoms with Gasteiger partial charge in [0.05, 0.1) is 18.2 Å². The number of rotatable bonds is 4. The molecule has 0 saturated heterocycles. The smallest absolute Gasteiger partial charge is 0.167 e. The Morgan fingerprint density at radius 1 is 1.22 bits per heavy atom. The lowest BCUT2D eigenvalue weighted by Gasteiger charge is -2.12. The van der Waals surface area contributed by atoms with E-state index in [4.69, 9.17) is 4.74 Å². The Morgan fingerprint density at radius 3 is 2.74 bits per heavy atom. The summed E-state index contributed by atoms with van der Waals surface area (Å²) in [7, 11) is 1.50. The molecule has 1 heterocycles.